The predicted molar refractivity (Wildman–Crippen MR) is 59.0 cm³/mol. The second-order valence-corrected chi connectivity index (χ2v) is 4.21. The maximum absolute atomic E-state index is 12.0. The van der Waals surface area contributed by atoms with Gasteiger partial charge in [0.1, 0.15) is 0 Å². The third-order valence-corrected chi connectivity index (χ3v) is 2.41. The van der Waals surface area contributed by atoms with Crippen LogP contribution >= 0.6 is 27.7 Å². The van der Waals surface area contributed by atoms with Gasteiger partial charge < -0.3 is 0 Å². The van der Waals surface area contributed by atoms with Gasteiger partial charge in [-0.05, 0) is 36.0 Å². The predicted octanol–water partition coefficient (Wildman–Crippen LogP) is 4.04. The van der Waals surface area contributed by atoms with Crippen molar-refractivity contribution < 1.29 is 13.2 Å². The summed E-state index contributed by atoms with van der Waals surface area (Å²) in [5.74, 6) is 5.57. The number of hydrogen-bond donors (Lipinski definition) is 0. The number of rotatable bonds is 1. The summed E-state index contributed by atoms with van der Waals surface area (Å²) in [4.78, 5) is 0.173. The molecule has 0 amide bonds. The van der Waals surface area contributed by atoms with Crippen molar-refractivity contribution in [3.8, 4) is 11.8 Å². The highest BCUT2D eigenvalue weighted by Crippen LogP contribution is 2.36. The van der Waals surface area contributed by atoms with E-state index in [2.05, 4.69) is 27.8 Å². The lowest BCUT2D eigenvalue weighted by molar-refractivity contribution is -0.0328. The van der Waals surface area contributed by atoms with Crippen molar-refractivity contribution in [2.24, 2.45) is 0 Å². The Hall–Kier alpha value is -0.600. The van der Waals surface area contributed by atoms with Crippen molar-refractivity contribution in [1.29, 1.82) is 0 Å². The van der Waals surface area contributed by atoms with Crippen LogP contribution in [-0.2, 0) is 0 Å². The maximum Gasteiger partial charge on any atom is 0.446 e. The van der Waals surface area contributed by atoms with Crippen molar-refractivity contribution in [2.45, 2.75) is 10.4 Å². The minimum absolute atomic E-state index is 0.124. The Balaban J connectivity index is 2.73. The first-order valence-corrected chi connectivity index (χ1v) is 5.86. The quantitative estimate of drug-likeness (QED) is 0.428. The van der Waals surface area contributed by atoms with Gasteiger partial charge in [-0.15, -0.1) is 0 Å². The molecule has 1 rings (SSSR count). The first-order valence-electron chi connectivity index (χ1n) is 3.92. The fraction of sp³-hybridized carbons (Fsp3) is 0.200. The van der Waals surface area contributed by atoms with E-state index in [1.165, 1.54) is 12.1 Å². The molecule has 0 nitrogen and oxygen atoms in total. The van der Waals surface area contributed by atoms with Gasteiger partial charge in [-0.25, -0.2) is 0 Å². The van der Waals surface area contributed by atoms with Crippen molar-refractivity contribution in [3.63, 3.8) is 0 Å². The van der Waals surface area contributed by atoms with Gasteiger partial charge in [0.25, 0.3) is 0 Å². The zero-order chi connectivity index (χ0) is 11.3. The zero-order valence-electron chi connectivity index (χ0n) is 7.44. The SMILES string of the molecule is FC(F)(F)Sc1ccc(C#CCBr)cc1. The summed E-state index contributed by atoms with van der Waals surface area (Å²) in [5, 5.41) is 0.548. The molecule has 0 heterocycles. The summed E-state index contributed by atoms with van der Waals surface area (Å²) in [6.07, 6.45) is 0. The molecule has 0 aliphatic carbocycles. The van der Waals surface area contributed by atoms with Crippen LogP contribution in [0, 0.1) is 11.8 Å². The summed E-state index contributed by atoms with van der Waals surface area (Å²) < 4.78 is 35.9. The van der Waals surface area contributed by atoms with E-state index in [1.54, 1.807) is 12.1 Å². The molecule has 0 saturated carbocycles. The van der Waals surface area contributed by atoms with E-state index >= 15 is 0 Å². The van der Waals surface area contributed by atoms with E-state index in [-0.39, 0.29) is 16.7 Å². The van der Waals surface area contributed by atoms with Crippen molar-refractivity contribution >= 4 is 27.7 Å². The highest BCUT2D eigenvalue weighted by atomic mass is 79.9. The van der Waals surface area contributed by atoms with Gasteiger partial charge >= 0.3 is 5.51 Å². The summed E-state index contributed by atoms with van der Waals surface area (Å²) in [6.45, 7) is 0. The summed E-state index contributed by atoms with van der Waals surface area (Å²) in [7, 11) is 0. The van der Waals surface area contributed by atoms with Crippen molar-refractivity contribution in [3.05, 3.63) is 29.8 Å². The van der Waals surface area contributed by atoms with Crippen molar-refractivity contribution in [2.75, 3.05) is 5.33 Å². The lowest BCUT2D eigenvalue weighted by Crippen LogP contribution is -1.98. The largest absolute Gasteiger partial charge is 0.446 e. The van der Waals surface area contributed by atoms with E-state index in [0.717, 1.165) is 0 Å². The van der Waals surface area contributed by atoms with E-state index in [0.29, 0.717) is 10.9 Å². The Morgan fingerprint density at radius 1 is 1.20 bits per heavy atom. The van der Waals surface area contributed by atoms with Crippen molar-refractivity contribution in [1.82, 2.24) is 0 Å². The number of hydrogen-bond acceptors (Lipinski definition) is 1. The van der Waals surface area contributed by atoms with E-state index in [1.807, 2.05) is 0 Å². The monoisotopic (exact) mass is 294 g/mol. The highest BCUT2D eigenvalue weighted by Gasteiger charge is 2.28. The van der Waals surface area contributed by atoms with Crippen LogP contribution in [0.15, 0.2) is 29.2 Å². The van der Waals surface area contributed by atoms with Crippen LogP contribution in [0.3, 0.4) is 0 Å². The first-order chi connectivity index (χ1) is 7.01. The number of thioether (sulfide) groups is 1. The van der Waals surface area contributed by atoms with Crippen LogP contribution in [0.2, 0.25) is 0 Å². The molecular weight excluding hydrogens is 289 g/mol. The van der Waals surface area contributed by atoms with Crippen LogP contribution < -0.4 is 0 Å². The standard InChI is InChI=1S/C10H6BrF3S/c11-7-1-2-8-3-5-9(6-4-8)15-10(12,13)14/h3-6H,7H2. The van der Waals surface area contributed by atoms with E-state index in [4.69, 9.17) is 0 Å². The van der Waals surface area contributed by atoms with Gasteiger partial charge in [-0.3, -0.25) is 0 Å². The smallest absolute Gasteiger partial charge is 0.160 e. The molecule has 80 valence electrons. The molecule has 0 aromatic heterocycles. The van der Waals surface area contributed by atoms with E-state index < -0.39 is 5.51 Å². The fourth-order valence-electron chi connectivity index (χ4n) is 0.875. The van der Waals surface area contributed by atoms with Gasteiger partial charge in [0, 0.05) is 10.5 Å². The first kappa shape index (κ1) is 12.5. The van der Waals surface area contributed by atoms with Crippen LogP contribution in [0.25, 0.3) is 0 Å². The van der Waals surface area contributed by atoms with Gasteiger partial charge in [-0.2, -0.15) is 13.2 Å². The molecular formula is C10H6BrF3S. The molecule has 1 aromatic rings. The van der Waals surface area contributed by atoms with Crippen LogP contribution in [0.4, 0.5) is 13.2 Å². The van der Waals surface area contributed by atoms with Crippen LogP contribution in [0.1, 0.15) is 5.56 Å². The van der Waals surface area contributed by atoms with Gasteiger partial charge in [0.05, 0.1) is 5.33 Å². The molecule has 5 heteroatoms. The normalized spacial score (nSPS) is 10.7. The summed E-state index contributed by atoms with van der Waals surface area (Å²) >= 11 is 3.01. The van der Waals surface area contributed by atoms with Gasteiger partial charge in [0.15, 0.2) is 0 Å². The third kappa shape index (κ3) is 5.14. The molecule has 0 radical (unpaired) electrons. The summed E-state index contributed by atoms with van der Waals surface area (Å²) in [5.41, 5.74) is -3.52. The molecule has 0 N–H and O–H groups in total. The Labute approximate surface area is 98.4 Å². The summed E-state index contributed by atoms with van der Waals surface area (Å²) in [6, 6.07) is 5.97. The number of benzene rings is 1. The molecule has 0 aliphatic rings. The molecule has 0 unspecified atom stereocenters. The molecule has 0 aliphatic heterocycles. The Kier molecular flexibility index (Phi) is 4.55. The Bertz CT molecular complexity index is 372. The topological polar surface area (TPSA) is 0 Å². The highest BCUT2D eigenvalue weighted by molar-refractivity contribution is 9.09. The molecule has 0 saturated heterocycles. The second kappa shape index (κ2) is 5.47. The van der Waals surface area contributed by atoms with Gasteiger partial charge in [-0.1, -0.05) is 27.8 Å². The average molecular weight is 295 g/mol. The molecule has 15 heavy (non-hydrogen) atoms. The van der Waals surface area contributed by atoms with Gasteiger partial charge in [0.2, 0.25) is 0 Å². The maximum atomic E-state index is 12.0. The lowest BCUT2D eigenvalue weighted by Gasteiger charge is -2.04. The molecule has 0 spiro atoms. The molecule has 1 aromatic carbocycles. The van der Waals surface area contributed by atoms with E-state index in [9.17, 15) is 13.2 Å². The second-order valence-electron chi connectivity index (χ2n) is 2.51. The Morgan fingerprint density at radius 2 is 1.80 bits per heavy atom. The molecule has 0 bridgehead atoms. The average Bonchev–Trinajstić information content (AvgIpc) is 2.14. The molecule has 0 fully saturated rings. The molecule has 0 atom stereocenters. The fourth-order valence-corrected chi connectivity index (χ4v) is 1.56. The zero-order valence-corrected chi connectivity index (χ0v) is 9.84. The van der Waals surface area contributed by atoms with Crippen LogP contribution in [-0.4, -0.2) is 10.8 Å². The number of alkyl halides is 4. The minimum Gasteiger partial charge on any atom is -0.160 e. The van der Waals surface area contributed by atoms with Crippen LogP contribution in [0.5, 0.6) is 0 Å². The third-order valence-electron chi connectivity index (χ3n) is 1.39. The lowest BCUT2D eigenvalue weighted by atomic mass is 10.2. The minimum atomic E-state index is -4.23. The Morgan fingerprint density at radius 3 is 2.27 bits per heavy atom. The number of halogens is 4.